The maximum atomic E-state index is 11.7. The molecule has 86 valence electrons. The average Bonchev–Trinajstić information content (AvgIpc) is 2.28. The predicted molar refractivity (Wildman–Crippen MR) is 69.7 cm³/mol. The fraction of sp³-hybridized carbons (Fsp3) is 0.333. The number of ether oxygens (including phenoxy) is 1. The molecule has 0 radical (unpaired) electrons. The first-order chi connectivity index (χ1) is 7.60. The summed E-state index contributed by atoms with van der Waals surface area (Å²) >= 11 is 2.10. The summed E-state index contributed by atoms with van der Waals surface area (Å²) in [5, 5.41) is 0. The van der Waals surface area contributed by atoms with Gasteiger partial charge in [-0.1, -0.05) is 6.92 Å². The monoisotopic (exact) mass is 332 g/mol. The molecule has 0 spiro atoms. The lowest BCUT2D eigenvalue weighted by Gasteiger charge is -2.07. The quantitative estimate of drug-likeness (QED) is 0.484. The smallest absolute Gasteiger partial charge is 0.338 e. The molecule has 0 aromatic heterocycles. The molecule has 1 aromatic carbocycles. The van der Waals surface area contributed by atoms with E-state index in [9.17, 15) is 9.59 Å². The summed E-state index contributed by atoms with van der Waals surface area (Å²) in [5.74, 6) is -0.475. The number of hydrogen-bond donors (Lipinski definition) is 0. The van der Waals surface area contributed by atoms with E-state index in [1.807, 2.05) is 6.07 Å². The van der Waals surface area contributed by atoms with Gasteiger partial charge in [0.05, 0.1) is 12.2 Å². The highest BCUT2D eigenvalue weighted by Crippen LogP contribution is 2.16. The zero-order chi connectivity index (χ0) is 12.1. The summed E-state index contributed by atoms with van der Waals surface area (Å²) in [6, 6.07) is 5.17. The van der Waals surface area contributed by atoms with E-state index in [1.54, 1.807) is 26.0 Å². The van der Waals surface area contributed by atoms with Crippen LogP contribution in [0.3, 0.4) is 0 Å². The normalized spacial score (nSPS) is 9.94. The third kappa shape index (κ3) is 3.04. The van der Waals surface area contributed by atoms with Crippen LogP contribution in [-0.4, -0.2) is 18.4 Å². The number of benzene rings is 1. The van der Waals surface area contributed by atoms with Crippen LogP contribution in [0.15, 0.2) is 18.2 Å². The molecule has 0 N–H and O–H groups in total. The van der Waals surface area contributed by atoms with Crippen molar-refractivity contribution in [1.82, 2.24) is 0 Å². The van der Waals surface area contributed by atoms with Gasteiger partial charge in [0.1, 0.15) is 0 Å². The Morgan fingerprint density at radius 3 is 2.50 bits per heavy atom. The summed E-state index contributed by atoms with van der Waals surface area (Å²) in [7, 11) is 0. The topological polar surface area (TPSA) is 43.4 Å². The zero-order valence-electron chi connectivity index (χ0n) is 9.25. The lowest BCUT2D eigenvalue weighted by molar-refractivity contribution is 0.0523. The van der Waals surface area contributed by atoms with Gasteiger partial charge >= 0.3 is 5.97 Å². The highest BCUT2D eigenvalue weighted by Gasteiger charge is 2.17. The van der Waals surface area contributed by atoms with Gasteiger partial charge in [-0.05, 0) is 47.7 Å². The van der Waals surface area contributed by atoms with Crippen LogP contribution in [0.4, 0.5) is 0 Å². The van der Waals surface area contributed by atoms with Crippen LogP contribution in [0.25, 0.3) is 0 Å². The summed E-state index contributed by atoms with van der Waals surface area (Å²) in [6.45, 7) is 3.83. The Morgan fingerprint density at radius 1 is 1.25 bits per heavy atom. The van der Waals surface area contributed by atoms with Crippen LogP contribution >= 0.6 is 22.6 Å². The summed E-state index contributed by atoms with van der Waals surface area (Å²) in [5.41, 5.74) is 0.807. The van der Waals surface area contributed by atoms with E-state index in [4.69, 9.17) is 4.74 Å². The number of Topliss-reactive ketones (excluding diaryl/α,β-unsaturated/α-hetero) is 1. The highest BCUT2D eigenvalue weighted by atomic mass is 127. The summed E-state index contributed by atoms with van der Waals surface area (Å²) in [4.78, 5) is 23.3. The van der Waals surface area contributed by atoms with Crippen LogP contribution in [0, 0.1) is 3.57 Å². The maximum Gasteiger partial charge on any atom is 0.338 e. The second-order valence-corrected chi connectivity index (χ2v) is 4.43. The number of carbonyl (C=O) groups excluding carboxylic acids is 2. The third-order valence-corrected chi connectivity index (χ3v) is 2.77. The van der Waals surface area contributed by atoms with Crippen molar-refractivity contribution in [2.75, 3.05) is 6.61 Å². The van der Waals surface area contributed by atoms with Gasteiger partial charge in [0, 0.05) is 15.6 Å². The minimum absolute atomic E-state index is 0.0422. The van der Waals surface area contributed by atoms with Gasteiger partial charge < -0.3 is 4.74 Å². The van der Waals surface area contributed by atoms with Gasteiger partial charge in [-0.15, -0.1) is 0 Å². The Hall–Kier alpha value is -0.910. The number of carbonyl (C=O) groups is 2. The van der Waals surface area contributed by atoms with Crippen LogP contribution in [0.1, 0.15) is 41.0 Å². The SMILES string of the molecule is CCOC(=O)c1cc(I)ccc1C(=O)CC. The summed E-state index contributed by atoms with van der Waals surface area (Å²) in [6.07, 6.45) is 0.382. The molecule has 1 aromatic rings. The molecule has 0 aliphatic carbocycles. The van der Waals surface area contributed by atoms with Gasteiger partial charge in [-0.3, -0.25) is 4.79 Å². The molecule has 0 unspecified atom stereocenters. The molecule has 0 saturated carbocycles. The van der Waals surface area contributed by atoms with E-state index in [0.29, 0.717) is 24.2 Å². The van der Waals surface area contributed by atoms with Crippen LogP contribution in [-0.2, 0) is 4.74 Å². The largest absolute Gasteiger partial charge is 0.462 e. The van der Waals surface area contributed by atoms with Gasteiger partial charge in [0.15, 0.2) is 5.78 Å². The van der Waals surface area contributed by atoms with Crippen molar-refractivity contribution < 1.29 is 14.3 Å². The van der Waals surface area contributed by atoms with Crippen molar-refractivity contribution in [3.63, 3.8) is 0 Å². The molecule has 16 heavy (non-hydrogen) atoms. The average molecular weight is 332 g/mol. The first-order valence-corrected chi connectivity index (χ1v) is 6.17. The Kier molecular flexibility index (Phi) is 4.92. The zero-order valence-corrected chi connectivity index (χ0v) is 11.4. The van der Waals surface area contributed by atoms with Crippen molar-refractivity contribution >= 4 is 34.3 Å². The Bertz CT molecular complexity index is 413. The minimum atomic E-state index is -0.433. The number of halogens is 1. The second kappa shape index (κ2) is 5.98. The molecule has 3 nitrogen and oxygen atoms in total. The summed E-state index contributed by atoms with van der Waals surface area (Å²) < 4.78 is 5.83. The molecule has 0 aliphatic rings. The number of hydrogen-bond acceptors (Lipinski definition) is 3. The molecule has 0 atom stereocenters. The molecular formula is C12H13IO3. The van der Waals surface area contributed by atoms with E-state index in [-0.39, 0.29) is 5.78 Å². The van der Waals surface area contributed by atoms with Crippen molar-refractivity contribution in [2.24, 2.45) is 0 Å². The molecule has 0 fully saturated rings. The fourth-order valence-corrected chi connectivity index (χ4v) is 1.82. The molecule has 1 rings (SSSR count). The van der Waals surface area contributed by atoms with Crippen molar-refractivity contribution in [3.05, 3.63) is 32.9 Å². The third-order valence-electron chi connectivity index (χ3n) is 2.10. The molecule has 4 heteroatoms. The van der Waals surface area contributed by atoms with Crippen molar-refractivity contribution in [2.45, 2.75) is 20.3 Å². The maximum absolute atomic E-state index is 11.7. The van der Waals surface area contributed by atoms with Crippen LogP contribution in [0.5, 0.6) is 0 Å². The fourth-order valence-electron chi connectivity index (χ4n) is 1.33. The van der Waals surface area contributed by atoms with E-state index < -0.39 is 5.97 Å². The number of esters is 1. The van der Waals surface area contributed by atoms with Crippen molar-refractivity contribution in [3.8, 4) is 0 Å². The number of ketones is 1. The van der Waals surface area contributed by atoms with Gasteiger partial charge in [-0.25, -0.2) is 4.79 Å². The Balaban J connectivity index is 3.17. The van der Waals surface area contributed by atoms with E-state index in [0.717, 1.165) is 3.57 Å². The first-order valence-electron chi connectivity index (χ1n) is 5.10. The first kappa shape index (κ1) is 13.2. The Morgan fingerprint density at radius 2 is 1.94 bits per heavy atom. The molecule has 0 heterocycles. The molecule has 0 saturated heterocycles. The minimum Gasteiger partial charge on any atom is -0.462 e. The lowest BCUT2D eigenvalue weighted by atomic mass is 10.0. The van der Waals surface area contributed by atoms with Gasteiger partial charge in [0.25, 0.3) is 0 Å². The van der Waals surface area contributed by atoms with Crippen LogP contribution < -0.4 is 0 Å². The van der Waals surface area contributed by atoms with Crippen molar-refractivity contribution in [1.29, 1.82) is 0 Å². The molecule has 0 amide bonds. The van der Waals surface area contributed by atoms with Gasteiger partial charge in [-0.2, -0.15) is 0 Å². The standard InChI is InChI=1S/C12H13IO3/c1-3-11(14)9-6-5-8(13)7-10(9)12(15)16-4-2/h5-7H,3-4H2,1-2H3. The molecule has 0 bridgehead atoms. The molecule has 0 aliphatic heterocycles. The lowest BCUT2D eigenvalue weighted by Crippen LogP contribution is -2.11. The van der Waals surface area contributed by atoms with E-state index >= 15 is 0 Å². The predicted octanol–water partition coefficient (Wildman–Crippen LogP) is 3.06. The van der Waals surface area contributed by atoms with E-state index in [2.05, 4.69) is 22.6 Å². The Labute approximate surface area is 108 Å². The highest BCUT2D eigenvalue weighted by molar-refractivity contribution is 14.1. The van der Waals surface area contributed by atoms with Gasteiger partial charge in [0.2, 0.25) is 0 Å². The molecular weight excluding hydrogens is 319 g/mol. The van der Waals surface area contributed by atoms with Crippen LogP contribution in [0.2, 0.25) is 0 Å². The number of rotatable bonds is 4. The van der Waals surface area contributed by atoms with E-state index in [1.165, 1.54) is 0 Å². The second-order valence-electron chi connectivity index (χ2n) is 3.19.